The summed E-state index contributed by atoms with van der Waals surface area (Å²) in [5.74, 6) is -2.54. The summed E-state index contributed by atoms with van der Waals surface area (Å²) in [6.07, 6.45) is 0.0686. The Bertz CT molecular complexity index is 1290. The van der Waals surface area contributed by atoms with Crippen LogP contribution in [0, 0.1) is 0 Å². The van der Waals surface area contributed by atoms with Crippen LogP contribution >= 0.6 is 22.9 Å². The molecule has 0 bridgehead atoms. The average molecular weight is 477 g/mol. The Kier molecular flexibility index (Phi) is 5.38. The number of carbonyl (C=O) groups is 2. The number of primary amides is 1. The molecule has 4 rings (SSSR count). The van der Waals surface area contributed by atoms with Crippen molar-refractivity contribution in [1.29, 1.82) is 0 Å². The summed E-state index contributed by atoms with van der Waals surface area (Å²) in [6, 6.07) is 16.3. The first kappa shape index (κ1) is 21.5. The number of halogens is 1. The number of rotatable bonds is 7. The van der Waals surface area contributed by atoms with Gasteiger partial charge in [0, 0.05) is 21.4 Å². The molecule has 10 heteroatoms. The van der Waals surface area contributed by atoms with Crippen molar-refractivity contribution in [2.24, 2.45) is 5.73 Å². The van der Waals surface area contributed by atoms with Crippen LogP contribution in [0.4, 0.5) is 0 Å². The molecule has 2 unspecified atom stereocenters. The number of nitrogens with one attached hydrogen (secondary N) is 1. The predicted octanol–water partition coefficient (Wildman–Crippen LogP) is 3.46. The van der Waals surface area contributed by atoms with Crippen LogP contribution in [-0.2, 0) is 14.8 Å². The van der Waals surface area contributed by atoms with E-state index in [-0.39, 0.29) is 16.2 Å². The number of carboxylic acid groups (broad SMARTS) is 1. The summed E-state index contributed by atoms with van der Waals surface area (Å²) in [4.78, 5) is 24.2. The summed E-state index contributed by atoms with van der Waals surface area (Å²) >= 11 is 6.93. The second-order valence-corrected chi connectivity index (χ2v) is 10.7. The second-order valence-electron chi connectivity index (χ2n) is 7.25. The molecule has 2 atom stereocenters. The van der Waals surface area contributed by atoms with Crippen LogP contribution in [0.3, 0.4) is 0 Å². The number of hydrogen-bond donors (Lipinski definition) is 3. The van der Waals surface area contributed by atoms with Gasteiger partial charge in [-0.25, -0.2) is 8.42 Å². The number of thiophene rings is 1. The van der Waals surface area contributed by atoms with Crippen molar-refractivity contribution in [2.45, 2.75) is 22.1 Å². The number of sulfonamides is 1. The van der Waals surface area contributed by atoms with Crippen LogP contribution < -0.4 is 10.5 Å². The number of nitrogens with two attached hydrogens (primary N) is 1. The smallest absolute Gasteiger partial charge is 0.325 e. The largest absolute Gasteiger partial charge is 0.480 e. The molecule has 1 fully saturated rings. The molecule has 4 N–H and O–H groups in total. The highest BCUT2D eigenvalue weighted by Gasteiger charge is 2.63. The molecule has 7 nitrogen and oxygen atoms in total. The van der Waals surface area contributed by atoms with Crippen molar-refractivity contribution in [1.82, 2.24) is 4.72 Å². The Morgan fingerprint density at radius 3 is 2.48 bits per heavy atom. The molecule has 1 saturated carbocycles. The normalized spacial score (nSPS) is 20.4. The van der Waals surface area contributed by atoms with E-state index in [9.17, 15) is 23.1 Å². The molecule has 0 spiro atoms. The van der Waals surface area contributed by atoms with Gasteiger partial charge in [0.15, 0.2) is 0 Å². The Hall–Kier alpha value is -2.72. The zero-order chi connectivity index (χ0) is 22.4. The highest BCUT2D eigenvalue weighted by Crippen LogP contribution is 2.52. The Labute approximate surface area is 187 Å². The van der Waals surface area contributed by atoms with Gasteiger partial charge >= 0.3 is 5.97 Å². The van der Waals surface area contributed by atoms with Crippen molar-refractivity contribution in [3.05, 3.63) is 76.8 Å². The molecule has 0 radical (unpaired) electrons. The average Bonchev–Trinajstić information content (AvgIpc) is 3.22. The summed E-state index contributed by atoms with van der Waals surface area (Å²) in [6.45, 7) is 0. The number of aliphatic carboxylic acids is 1. The van der Waals surface area contributed by atoms with Crippen LogP contribution in [-0.4, -0.2) is 30.9 Å². The molecule has 1 amide bonds. The molecule has 1 aromatic heterocycles. The maximum atomic E-state index is 13.0. The van der Waals surface area contributed by atoms with E-state index in [0.717, 1.165) is 16.9 Å². The lowest BCUT2D eigenvalue weighted by atomic mass is 10.0. The fourth-order valence-electron chi connectivity index (χ4n) is 3.49. The van der Waals surface area contributed by atoms with Crippen LogP contribution in [0.15, 0.2) is 64.9 Å². The summed E-state index contributed by atoms with van der Waals surface area (Å²) in [7, 11) is -4.09. The first-order valence-electron chi connectivity index (χ1n) is 9.15. The first-order chi connectivity index (χ1) is 14.6. The zero-order valence-corrected chi connectivity index (χ0v) is 18.3. The van der Waals surface area contributed by atoms with Gasteiger partial charge in [0.1, 0.15) is 9.75 Å². The van der Waals surface area contributed by atoms with E-state index < -0.39 is 33.4 Å². The minimum absolute atomic E-state index is 0.00890. The van der Waals surface area contributed by atoms with Gasteiger partial charge in [0.2, 0.25) is 5.91 Å². The van der Waals surface area contributed by atoms with Crippen LogP contribution in [0.5, 0.6) is 0 Å². The topological polar surface area (TPSA) is 127 Å². The minimum Gasteiger partial charge on any atom is -0.480 e. The first-order valence-corrected chi connectivity index (χ1v) is 11.8. The van der Waals surface area contributed by atoms with E-state index in [0.29, 0.717) is 15.5 Å². The molecule has 160 valence electrons. The van der Waals surface area contributed by atoms with Crippen molar-refractivity contribution in [3.63, 3.8) is 0 Å². The van der Waals surface area contributed by atoms with E-state index >= 15 is 0 Å². The van der Waals surface area contributed by atoms with Gasteiger partial charge in [-0.1, -0.05) is 35.9 Å². The highest BCUT2D eigenvalue weighted by atomic mass is 35.5. The number of hydrogen-bond acceptors (Lipinski definition) is 5. The summed E-state index contributed by atoms with van der Waals surface area (Å²) in [5, 5.41) is 10.4. The van der Waals surface area contributed by atoms with E-state index in [1.165, 1.54) is 18.2 Å². The van der Waals surface area contributed by atoms with E-state index in [2.05, 4.69) is 4.72 Å². The standard InChI is InChI=1S/C21H17ClN2O5S2/c22-15-6-4-12(5-7-15)17-8-9-18(30-17)31(28,29)24-21(20(26)27)11-16(21)13-2-1-3-14(10-13)19(23)25/h1-10,16,24H,11H2,(H2,23,25)(H,26,27). The summed E-state index contributed by atoms with van der Waals surface area (Å²) < 4.78 is 28.4. The molecule has 1 aliphatic rings. The van der Waals surface area contributed by atoms with Gasteiger partial charge in [-0.3, -0.25) is 9.59 Å². The van der Waals surface area contributed by atoms with Gasteiger partial charge in [-0.2, -0.15) is 4.72 Å². The van der Waals surface area contributed by atoms with Crippen molar-refractivity contribution < 1.29 is 23.1 Å². The minimum atomic E-state index is -4.09. The predicted molar refractivity (Wildman–Crippen MR) is 118 cm³/mol. The Morgan fingerprint density at radius 1 is 1.13 bits per heavy atom. The Morgan fingerprint density at radius 2 is 1.84 bits per heavy atom. The maximum absolute atomic E-state index is 13.0. The molecule has 0 saturated heterocycles. The molecular formula is C21H17ClN2O5S2. The van der Waals surface area contributed by atoms with Crippen LogP contribution in [0.1, 0.15) is 28.3 Å². The van der Waals surface area contributed by atoms with Gasteiger partial charge in [-0.05, 0) is 53.9 Å². The summed E-state index contributed by atoms with van der Waals surface area (Å²) in [5.41, 5.74) is 5.19. The quantitative estimate of drug-likeness (QED) is 0.481. The van der Waals surface area contributed by atoms with Gasteiger partial charge in [0.25, 0.3) is 10.0 Å². The lowest BCUT2D eigenvalue weighted by molar-refractivity contribution is -0.140. The van der Waals surface area contributed by atoms with E-state index in [4.69, 9.17) is 17.3 Å². The van der Waals surface area contributed by atoms with Crippen molar-refractivity contribution >= 4 is 44.8 Å². The molecule has 3 aromatic rings. The third kappa shape index (κ3) is 4.09. The highest BCUT2D eigenvalue weighted by molar-refractivity contribution is 7.91. The number of carboxylic acids is 1. The van der Waals surface area contributed by atoms with Crippen LogP contribution in [0.2, 0.25) is 5.02 Å². The molecule has 2 aromatic carbocycles. The lowest BCUT2D eigenvalue weighted by Crippen LogP contribution is -2.44. The van der Waals surface area contributed by atoms with Crippen molar-refractivity contribution in [2.75, 3.05) is 0 Å². The fourth-order valence-corrected chi connectivity index (χ4v) is 6.33. The lowest BCUT2D eigenvalue weighted by Gasteiger charge is -2.15. The molecule has 31 heavy (non-hydrogen) atoms. The Balaban J connectivity index is 1.61. The fraction of sp³-hybridized carbons (Fsp3) is 0.143. The molecular weight excluding hydrogens is 460 g/mol. The number of amides is 1. The van der Waals surface area contributed by atoms with Crippen molar-refractivity contribution in [3.8, 4) is 10.4 Å². The molecule has 1 heterocycles. The second kappa shape index (κ2) is 7.76. The van der Waals surface area contributed by atoms with Crippen LogP contribution in [0.25, 0.3) is 10.4 Å². The monoisotopic (exact) mass is 476 g/mol. The number of carbonyl (C=O) groups excluding carboxylic acids is 1. The van der Waals surface area contributed by atoms with Gasteiger partial charge < -0.3 is 10.8 Å². The molecule has 0 aliphatic heterocycles. The third-order valence-electron chi connectivity index (χ3n) is 5.21. The third-order valence-corrected chi connectivity index (χ3v) is 8.60. The van der Waals surface area contributed by atoms with Gasteiger partial charge in [-0.15, -0.1) is 11.3 Å². The van der Waals surface area contributed by atoms with E-state index in [1.54, 1.807) is 42.5 Å². The maximum Gasteiger partial charge on any atom is 0.325 e. The zero-order valence-electron chi connectivity index (χ0n) is 15.9. The molecule has 1 aliphatic carbocycles. The van der Waals surface area contributed by atoms with Gasteiger partial charge in [0.05, 0.1) is 0 Å². The number of benzene rings is 2. The SMILES string of the molecule is NC(=O)c1cccc(C2CC2(NS(=O)(=O)c2ccc(-c3ccc(Cl)cc3)s2)C(=O)O)c1. The van der Waals surface area contributed by atoms with E-state index in [1.807, 2.05) is 0 Å².